The van der Waals surface area contributed by atoms with Gasteiger partial charge in [0.15, 0.2) is 0 Å². The Morgan fingerprint density at radius 1 is 1.17 bits per heavy atom. The van der Waals surface area contributed by atoms with E-state index in [0.29, 0.717) is 17.2 Å². The van der Waals surface area contributed by atoms with Crippen molar-refractivity contribution in [1.29, 1.82) is 0 Å². The molecule has 0 saturated carbocycles. The minimum atomic E-state index is -0.520. The summed E-state index contributed by atoms with van der Waals surface area (Å²) in [7, 11) is 0. The molecule has 1 heterocycles. The number of benzene rings is 2. The molecule has 0 fully saturated rings. The first-order chi connectivity index (χ1) is 11.5. The van der Waals surface area contributed by atoms with Crippen molar-refractivity contribution in [2.24, 2.45) is 5.16 Å². The lowest BCUT2D eigenvalue weighted by Crippen LogP contribution is -2.28. The molecule has 6 heteroatoms. The Balaban J connectivity index is 1.60. The Hall–Kier alpha value is -1.59. The van der Waals surface area contributed by atoms with E-state index in [0.717, 1.165) is 11.3 Å². The van der Waals surface area contributed by atoms with E-state index in [-0.39, 0.29) is 11.3 Å². The Morgan fingerprint density at radius 3 is 2.58 bits per heavy atom. The van der Waals surface area contributed by atoms with Crippen molar-refractivity contribution in [1.82, 2.24) is 0 Å². The van der Waals surface area contributed by atoms with Gasteiger partial charge in [0.1, 0.15) is 17.2 Å². The van der Waals surface area contributed by atoms with Gasteiger partial charge in [0.05, 0.1) is 5.71 Å². The average molecular weight is 368 g/mol. The Labute approximate surface area is 148 Å². The van der Waals surface area contributed by atoms with Crippen LogP contribution in [0.5, 0.6) is 0 Å². The van der Waals surface area contributed by atoms with Crippen LogP contribution in [0.15, 0.2) is 47.6 Å². The van der Waals surface area contributed by atoms with E-state index in [1.54, 1.807) is 0 Å². The highest BCUT2D eigenvalue weighted by atomic mass is 35.5. The topological polar surface area (TPSA) is 21.6 Å². The lowest BCUT2D eigenvalue weighted by atomic mass is 9.98. The maximum atomic E-state index is 13.7. The first-order valence-electron chi connectivity index (χ1n) is 7.49. The predicted octanol–water partition coefficient (Wildman–Crippen LogP) is 5.43. The summed E-state index contributed by atoms with van der Waals surface area (Å²) in [6.07, 6.45) is 0.601. The van der Waals surface area contributed by atoms with E-state index in [2.05, 4.69) is 5.16 Å². The van der Waals surface area contributed by atoms with Crippen LogP contribution in [0, 0.1) is 11.6 Å². The molecule has 0 radical (unpaired) electrons. The molecule has 2 aromatic carbocycles. The number of hydrogen-bond acceptors (Lipinski definition) is 3. The summed E-state index contributed by atoms with van der Waals surface area (Å²) in [6, 6.07) is 11.4. The highest BCUT2D eigenvalue weighted by Crippen LogP contribution is 2.33. The summed E-state index contributed by atoms with van der Waals surface area (Å²) in [5.74, 6) is -0.224. The number of oxime groups is 1. The van der Waals surface area contributed by atoms with Gasteiger partial charge < -0.3 is 4.84 Å². The number of hydrogen-bond donors (Lipinski definition) is 0. The molecule has 2 nitrogen and oxygen atoms in total. The average Bonchev–Trinajstić information content (AvgIpc) is 2.93. The molecule has 0 saturated heterocycles. The van der Waals surface area contributed by atoms with Gasteiger partial charge in [0.25, 0.3) is 0 Å². The number of halogens is 3. The second kappa shape index (κ2) is 7.11. The summed E-state index contributed by atoms with van der Waals surface area (Å²) in [4.78, 5) is 5.58. The summed E-state index contributed by atoms with van der Waals surface area (Å²) in [5.41, 5.74) is 1.23. The van der Waals surface area contributed by atoms with E-state index >= 15 is 0 Å². The third-order valence-electron chi connectivity index (χ3n) is 3.82. The van der Waals surface area contributed by atoms with E-state index in [1.165, 1.54) is 30.0 Å². The minimum absolute atomic E-state index is 0.0938. The molecule has 0 bridgehead atoms. The smallest absolute Gasteiger partial charge is 0.149 e. The lowest BCUT2D eigenvalue weighted by molar-refractivity contribution is 0.0163. The zero-order valence-corrected chi connectivity index (χ0v) is 14.6. The molecule has 0 aliphatic carbocycles. The Bertz CT molecular complexity index is 763. The molecule has 3 rings (SSSR count). The zero-order valence-electron chi connectivity index (χ0n) is 13.1. The van der Waals surface area contributed by atoms with E-state index in [9.17, 15) is 8.78 Å². The van der Waals surface area contributed by atoms with Gasteiger partial charge in [-0.05, 0) is 25.1 Å². The normalized spacial score (nSPS) is 19.9. The summed E-state index contributed by atoms with van der Waals surface area (Å²) >= 11 is 7.61. The quantitative estimate of drug-likeness (QED) is 0.702. The van der Waals surface area contributed by atoms with Gasteiger partial charge in [0, 0.05) is 34.1 Å². The van der Waals surface area contributed by atoms with Crippen LogP contribution >= 0.6 is 23.4 Å². The maximum Gasteiger partial charge on any atom is 0.149 e. The monoisotopic (exact) mass is 367 g/mol. The lowest BCUT2D eigenvalue weighted by Gasteiger charge is -2.21. The zero-order chi connectivity index (χ0) is 17.2. The van der Waals surface area contributed by atoms with Crippen molar-refractivity contribution in [2.45, 2.75) is 24.7 Å². The molecule has 0 aromatic heterocycles. The molecule has 1 aliphatic rings. The van der Waals surface area contributed by atoms with Crippen molar-refractivity contribution >= 4 is 29.1 Å². The summed E-state index contributed by atoms with van der Waals surface area (Å²) in [5, 5.41) is 4.78. The van der Waals surface area contributed by atoms with Crippen molar-refractivity contribution in [3.8, 4) is 0 Å². The highest BCUT2D eigenvalue weighted by Gasteiger charge is 2.35. The van der Waals surface area contributed by atoms with Crippen LogP contribution in [-0.2, 0) is 10.6 Å². The van der Waals surface area contributed by atoms with Crippen molar-refractivity contribution < 1.29 is 13.6 Å². The molecule has 1 aliphatic heterocycles. The SMILES string of the molecule is CC1(CSCc2c(F)cccc2F)CC(c2ccccc2Cl)=NO1. The van der Waals surface area contributed by atoms with Crippen LogP contribution < -0.4 is 0 Å². The van der Waals surface area contributed by atoms with Crippen LogP contribution in [0.3, 0.4) is 0 Å². The number of nitrogens with zero attached hydrogens (tertiary/aromatic N) is 1. The third-order valence-corrected chi connectivity index (χ3v) is 5.46. The molecule has 1 unspecified atom stereocenters. The largest absolute Gasteiger partial charge is 0.388 e. The van der Waals surface area contributed by atoms with Crippen molar-refractivity contribution in [3.63, 3.8) is 0 Å². The molecule has 126 valence electrons. The standard InChI is InChI=1S/C18H16ClF2NOS/c1-18(11-24-10-13-15(20)7-4-8-16(13)21)9-17(22-23-18)12-5-2-3-6-14(12)19/h2-8H,9-11H2,1H3. The Morgan fingerprint density at radius 2 is 1.88 bits per heavy atom. The third kappa shape index (κ3) is 3.73. The van der Waals surface area contributed by atoms with Gasteiger partial charge in [-0.1, -0.05) is 41.0 Å². The molecular formula is C18H16ClF2NOS. The fourth-order valence-corrected chi connectivity index (χ4v) is 3.95. The maximum absolute atomic E-state index is 13.7. The number of rotatable bonds is 5. The first-order valence-corrected chi connectivity index (χ1v) is 9.02. The highest BCUT2D eigenvalue weighted by molar-refractivity contribution is 7.98. The van der Waals surface area contributed by atoms with Crippen molar-refractivity contribution in [2.75, 3.05) is 5.75 Å². The summed E-state index contributed by atoms with van der Waals surface area (Å²) in [6.45, 7) is 1.94. The van der Waals surface area contributed by atoms with Gasteiger partial charge >= 0.3 is 0 Å². The number of thioether (sulfide) groups is 1. The first kappa shape index (κ1) is 17.2. The van der Waals surface area contributed by atoms with Gasteiger partial charge in [-0.25, -0.2) is 8.78 Å². The molecule has 2 aromatic rings. The van der Waals surface area contributed by atoms with Gasteiger partial charge in [-0.2, -0.15) is 11.8 Å². The van der Waals surface area contributed by atoms with Crippen LogP contribution in [0.25, 0.3) is 0 Å². The van der Waals surface area contributed by atoms with Crippen LogP contribution in [0.2, 0.25) is 5.02 Å². The van der Waals surface area contributed by atoms with Gasteiger partial charge in [0.2, 0.25) is 0 Å². The van der Waals surface area contributed by atoms with E-state index in [4.69, 9.17) is 16.4 Å². The molecule has 0 amide bonds. The fraction of sp³-hybridized carbons (Fsp3) is 0.278. The molecular weight excluding hydrogens is 352 g/mol. The molecule has 0 spiro atoms. The van der Waals surface area contributed by atoms with E-state index < -0.39 is 17.2 Å². The predicted molar refractivity (Wildman–Crippen MR) is 94.6 cm³/mol. The van der Waals surface area contributed by atoms with Crippen LogP contribution in [0.4, 0.5) is 8.78 Å². The van der Waals surface area contributed by atoms with E-state index in [1.807, 2.05) is 31.2 Å². The molecule has 1 atom stereocenters. The summed E-state index contributed by atoms with van der Waals surface area (Å²) < 4.78 is 27.3. The fourth-order valence-electron chi connectivity index (χ4n) is 2.54. The minimum Gasteiger partial charge on any atom is -0.388 e. The second-order valence-electron chi connectivity index (χ2n) is 5.93. The van der Waals surface area contributed by atoms with Crippen molar-refractivity contribution in [3.05, 3.63) is 70.2 Å². The molecule has 24 heavy (non-hydrogen) atoms. The van der Waals surface area contributed by atoms with Gasteiger partial charge in [-0.3, -0.25) is 0 Å². The van der Waals surface area contributed by atoms with Gasteiger partial charge in [-0.15, -0.1) is 0 Å². The van der Waals surface area contributed by atoms with Crippen LogP contribution in [0.1, 0.15) is 24.5 Å². The Kier molecular flexibility index (Phi) is 5.11. The molecule has 0 N–H and O–H groups in total. The van der Waals surface area contributed by atoms with Crippen LogP contribution in [-0.4, -0.2) is 17.1 Å². The second-order valence-corrected chi connectivity index (χ2v) is 7.32.